The van der Waals surface area contributed by atoms with E-state index in [-0.39, 0.29) is 17.6 Å². The van der Waals surface area contributed by atoms with Gasteiger partial charge >= 0.3 is 0 Å². The maximum Gasteiger partial charge on any atom is 0.252 e. The molecule has 0 unspecified atom stereocenters. The second-order valence-electron chi connectivity index (χ2n) is 6.76. The summed E-state index contributed by atoms with van der Waals surface area (Å²) in [7, 11) is 0. The molecule has 0 aliphatic carbocycles. The minimum atomic E-state index is -0.337. The van der Waals surface area contributed by atoms with Gasteiger partial charge in [0.05, 0.1) is 0 Å². The van der Waals surface area contributed by atoms with Crippen molar-refractivity contribution in [1.29, 1.82) is 0 Å². The molecule has 8 heteroatoms. The lowest BCUT2D eigenvalue weighted by atomic mass is 10.2. The van der Waals surface area contributed by atoms with Gasteiger partial charge in [-0.1, -0.05) is 17.7 Å². The summed E-state index contributed by atoms with van der Waals surface area (Å²) in [6.45, 7) is 3.99. The van der Waals surface area contributed by atoms with Crippen LogP contribution in [0, 0.1) is 5.82 Å². The van der Waals surface area contributed by atoms with E-state index in [1.807, 2.05) is 10.3 Å². The second-order valence-corrected chi connectivity index (χ2v) is 7.95. The first-order valence-corrected chi connectivity index (χ1v) is 10.6. The second kappa shape index (κ2) is 10.0. The van der Waals surface area contributed by atoms with E-state index in [9.17, 15) is 14.0 Å². The number of piperazine rings is 1. The molecule has 1 aromatic carbocycles. The smallest absolute Gasteiger partial charge is 0.252 e. The number of nitrogens with one attached hydrogen (secondary N) is 1. The van der Waals surface area contributed by atoms with Crippen molar-refractivity contribution in [3.63, 3.8) is 0 Å². The quantitative estimate of drug-likeness (QED) is 0.694. The number of nitrogens with zero attached hydrogens (tertiary/aromatic N) is 2. The third-order valence-electron chi connectivity index (χ3n) is 4.77. The molecule has 5 nitrogen and oxygen atoms in total. The summed E-state index contributed by atoms with van der Waals surface area (Å²) >= 11 is 7.58. The van der Waals surface area contributed by atoms with Crippen LogP contribution in [0.1, 0.15) is 28.8 Å². The van der Waals surface area contributed by atoms with E-state index in [0.29, 0.717) is 49.6 Å². The van der Waals surface area contributed by atoms with Gasteiger partial charge in [-0.25, -0.2) is 4.39 Å². The standard InChI is InChI=1S/C20H23ClFN3O2S/c21-18-12-17(22)4-3-15(18)13-24-7-9-25(10-8-24)19(26)2-1-6-23-20(27)16-5-11-28-14-16/h3-5,11-12,14H,1-2,6-10,13H2,(H,23,27). The molecule has 2 aromatic rings. The van der Waals surface area contributed by atoms with E-state index < -0.39 is 0 Å². The zero-order valence-corrected chi connectivity index (χ0v) is 17.1. The van der Waals surface area contributed by atoms with Crippen LogP contribution < -0.4 is 5.32 Å². The van der Waals surface area contributed by atoms with Crippen molar-refractivity contribution in [3.05, 3.63) is 57.0 Å². The van der Waals surface area contributed by atoms with Crippen molar-refractivity contribution in [1.82, 2.24) is 15.1 Å². The maximum atomic E-state index is 13.1. The number of carbonyl (C=O) groups excluding carboxylic acids is 2. The van der Waals surface area contributed by atoms with Crippen LogP contribution in [-0.4, -0.2) is 54.3 Å². The fraction of sp³-hybridized carbons (Fsp3) is 0.400. The summed E-state index contributed by atoms with van der Waals surface area (Å²) in [5.74, 6) is -0.318. The van der Waals surface area contributed by atoms with E-state index in [1.165, 1.54) is 23.5 Å². The van der Waals surface area contributed by atoms with Crippen molar-refractivity contribution in [2.75, 3.05) is 32.7 Å². The SMILES string of the molecule is O=C(NCCCC(=O)N1CCN(Cc2ccc(F)cc2Cl)CC1)c1ccsc1. The molecule has 3 rings (SSSR count). The van der Waals surface area contributed by atoms with Crippen LogP contribution in [0.5, 0.6) is 0 Å². The van der Waals surface area contributed by atoms with E-state index >= 15 is 0 Å². The number of amides is 2. The highest BCUT2D eigenvalue weighted by Crippen LogP contribution is 2.20. The first-order valence-electron chi connectivity index (χ1n) is 9.27. The van der Waals surface area contributed by atoms with Gasteiger partial charge < -0.3 is 10.2 Å². The van der Waals surface area contributed by atoms with Gasteiger partial charge in [-0.05, 0) is 35.6 Å². The highest BCUT2D eigenvalue weighted by Gasteiger charge is 2.21. The monoisotopic (exact) mass is 423 g/mol. The molecular formula is C20H23ClFN3O2S. The summed E-state index contributed by atoms with van der Waals surface area (Å²) in [5.41, 5.74) is 1.55. The van der Waals surface area contributed by atoms with E-state index in [2.05, 4.69) is 10.2 Å². The zero-order valence-electron chi connectivity index (χ0n) is 15.5. The van der Waals surface area contributed by atoms with Crippen LogP contribution in [-0.2, 0) is 11.3 Å². The highest BCUT2D eigenvalue weighted by molar-refractivity contribution is 7.08. The van der Waals surface area contributed by atoms with Crippen LogP contribution in [0.4, 0.5) is 4.39 Å². The van der Waals surface area contributed by atoms with Crippen LogP contribution >= 0.6 is 22.9 Å². The van der Waals surface area contributed by atoms with Crippen molar-refractivity contribution >= 4 is 34.8 Å². The third kappa shape index (κ3) is 5.77. The number of hydrogen-bond acceptors (Lipinski definition) is 4. The van der Waals surface area contributed by atoms with Gasteiger partial charge in [0.25, 0.3) is 5.91 Å². The molecule has 2 heterocycles. The Bertz CT molecular complexity index is 808. The van der Waals surface area contributed by atoms with Gasteiger partial charge in [0.1, 0.15) is 5.82 Å². The molecule has 0 bridgehead atoms. The Hall–Kier alpha value is -1.96. The molecule has 1 N–H and O–H groups in total. The molecule has 28 heavy (non-hydrogen) atoms. The first kappa shape index (κ1) is 20.8. The summed E-state index contributed by atoms with van der Waals surface area (Å²) in [4.78, 5) is 28.3. The molecular weight excluding hydrogens is 401 g/mol. The predicted octanol–water partition coefficient (Wildman–Crippen LogP) is 3.40. The minimum Gasteiger partial charge on any atom is -0.352 e. The molecule has 1 aliphatic rings. The number of halogens is 2. The normalized spacial score (nSPS) is 14.9. The van der Waals surface area contributed by atoms with E-state index in [1.54, 1.807) is 17.5 Å². The fourth-order valence-corrected chi connectivity index (χ4v) is 4.00. The topological polar surface area (TPSA) is 52.7 Å². The van der Waals surface area contributed by atoms with Crippen LogP contribution in [0.3, 0.4) is 0 Å². The maximum absolute atomic E-state index is 13.1. The average Bonchev–Trinajstić information content (AvgIpc) is 3.22. The molecule has 0 spiro atoms. The number of hydrogen-bond donors (Lipinski definition) is 1. The number of thiophene rings is 1. The van der Waals surface area contributed by atoms with Crippen LogP contribution in [0.2, 0.25) is 5.02 Å². The van der Waals surface area contributed by atoms with Gasteiger partial charge in [-0.2, -0.15) is 11.3 Å². The van der Waals surface area contributed by atoms with Crippen LogP contribution in [0.15, 0.2) is 35.0 Å². The van der Waals surface area contributed by atoms with Gasteiger partial charge in [-0.3, -0.25) is 14.5 Å². The zero-order chi connectivity index (χ0) is 19.9. The molecule has 1 saturated heterocycles. The van der Waals surface area contributed by atoms with Crippen molar-refractivity contribution in [2.45, 2.75) is 19.4 Å². The number of rotatable bonds is 7. The molecule has 0 saturated carbocycles. The van der Waals surface area contributed by atoms with Crippen molar-refractivity contribution < 1.29 is 14.0 Å². The summed E-state index contributed by atoms with van der Waals surface area (Å²) < 4.78 is 13.1. The van der Waals surface area contributed by atoms with Crippen molar-refractivity contribution in [3.8, 4) is 0 Å². The van der Waals surface area contributed by atoms with Gasteiger partial charge in [0.2, 0.25) is 5.91 Å². The first-order chi connectivity index (χ1) is 13.5. The largest absolute Gasteiger partial charge is 0.352 e. The third-order valence-corrected chi connectivity index (χ3v) is 5.81. The fourth-order valence-electron chi connectivity index (χ4n) is 3.14. The summed E-state index contributed by atoms with van der Waals surface area (Å²) in [6, 6.07) is 6.23. The van der Waals surface area contributed by atoms with Crippen molar-refractivity contribution in [2.24, 2.45) is 0 Å². The molecule has 1 fully saturated rings. The van der Waals surface area contributed by atoms with Gasteiger partial charge in [-0.15, -0.1) is 0 Å². The Kier molecular flexibility index (Phi) is 7.42. The Labute approximate surface area is 173 Å². The Morgan fingerprint density at radius 1 is 1.18 bits per heavy atom. The minimum absolute atomic E-state index is 0.0956. The molecule has 1 aromatic heterocycles. The molecule has 2 amide bonds. The van der Waals surface area contributed by atoms with Gasteiger partial charge in [0.15, 0.2) is 0 Å². The summed E-state index contributed by atoms with van der Waals surface area (Å²) in [5, 5.41) is 6.94. The van der Waals surface area contributed by atoms with E-state index in [4.69, 9.17) is 11.6 Å². The Morgan fingerprint density at radius 2 is 1.96 bits per heavy atom. The average molecular weight is 424 g/mol. The Morgan fingerprint density at radius 3 is 2.64 bits per heavy atom. The van der Waals surface area contributed by atoms with Crippen LogP contribution in [0.25, 0.3) is 0 Å². The lowest BCUT2D eigenvalue weighted by Gasteiger charge is -2.35. The lowest BCUT2D eigenvalue weighted by Crippen LogP contribution is -2.48. The van der Waals surface area contributed by atoms with E-state index in [0.717, 1.165) is 18.7 Å². The molecule has 1 aliphatic heterocycles. The molecule has 0 atom stereocenters. The lowest BCUT2D eigenvalue weighted by molar-refractivity contribution is -0.133. The Balaban J connectivity index is 1.35. The molecule has 0 radical (unpaired) electrons. The molecule has 150 valence electrons. The highest BCUT2D eigenvalue weighted by atomic mass is 35.5. The predicted molar refractivity (Wildman–Crippen MR) is 109 cm³/mol. The number of carbonyl (C=O) groups is 2. The van der Waals surface area contributed by atoms with Gasteiger partial charge in [0, 0.05) is 61.7 Å². The number of benzene rings is 1. The summed E-state index contributed by atoms with van der Waals surface area (Å²) in [6.07, 6.45) is 1.05.